The molecular formula is C26H25ClF3N5O2S. The molecule has 38 heavy (non-hydrogen) atoms. The summed E-state index contributed by atoms with van der Waals surface area (Å²) in [5.74, 6) is -1.41. The molecule has 200 valence electrons. The summed E-state index contributed by atoms with van der Waals surface area (Å²) in [6.45, 7) is 2.28. The second-order valence-corrected chi connectivity index (χ2v) is 10.5. The predicted octanol–water partition coefficient (Wildman–Crippen LogP) is 5.71. The molecular weight excluding hydrogens is 539 g/mol. The molecule has 2 N–H and O–H groups in total. The monoisotopic (exact) mass is 563 g/mol. The van der Waals surface area contributed by atoms with Crippen LogP contribution in [0.4, 0.5) is 18.9 Å². The lowest BCUT2D eigenvalue weighted by atomic mass is 10.2. The number of aromatic nitrogens is 3. The molecule has 0 atom stereocenters. The number of aliphatic hydroxyl groups excluding tert-OH is 1. The van der Waals surface area contributed by atoms with Crippen LogP contribution in [0.15, 0.2) is 42.5 Å². The van der Waals surface area contributed by atoms with Gasteiger partial charge in [-0.2, -0.15) is 13.2 Å². The zero-order chi connectivity index (χ0) is 26.9. The number of fused-ring (bicyclic) bond motifs is 1. The number of imidazole rings is 1. The number of benzene rings is 2. The first kappa shape index (κ1) is 26.6. The number of nitrogens with zero attached hydrogens (tertiary/aromatic N) is 4. The highest BCUT2D eigenvalue weighted by Gasteiger charge is 2.37. The first-order valence-corrected chi connectivity index (χ1v) is 13.4. The van der Waals surface area contributed by atoms with E-state index in [0.29, 0.717) is 38.4 Å². The van der Waals surface area contributed by atoms with Gasteiger partial charge in [-0.3, -0.25) is 4.79 Å². The predicted molar refractivity (Wildman–Crippen MR) is 142 cm³/mol. The first-order chi connectivity index (χ1) is 18.2. The van der Waals surface area contributed by atoms with E-state index < -0.39 is 17.9 Å². The van der Waals surface area contributed by atoms with Gasteiger partial charge in [-0.1, -0.05) is 23.7 Å². The van der Waals surface area contributed by atoms with Gasteiger partial charge in [0.2, 0.25) is 5.82 Å². The smallest absolute Gasteiger partial charge is 0.396 e. The van der Waals surface area contributed by atoms with Crippen molar-refractivity contribution in [2.75, 3.05) is 31.6 Å². The third kappa shape index (κ3) is 5.70. The van der Waals surface area contributed by atoms with E-state index >= 15 is 0 Å². The average molecular weight is 564 g/mol. The quantitative estimate of drug-likeness (QED) is 0.287. The maximum absolute atomic E-state index is 13.8. The molecule has 0 bridgehead atoms. The van der Waals surface area contributed by atoms with Gasteiger partial charge in [-0.05, 0) is 56.3 Å². The number of thiazole rings is 1. The minimum atomic E-state index is -4.60. The Bertz CT molecular complexity index is 1450. The van der Waals surface area contributed by atoms with Gasteiger partial charge in [0.25, 0.3) is 5.91 Å². The number of carbonyl (C=O) groups is 1. The van der Waals surface area contributed by atoms with Crippen LogP contribution in [0.1, 0.15) is 34.0 Å². The summed E-state index contributed by atoms with van der Waals surface area (Å²) in [5, 5.41) is 13.4. The largest absolute Gasteiger partial charge is 0.449 e. The van der Waals surface area contributed by atoms with E-state index in [2.05, 4.69) is 20.2 Å². The highest BCUT2D eigenvalue weighted by Crippen LogP contribution is 2.33. The lowest BCUT2D eigenvalue weighted by Gasteiger charge is -2.17. The number of amides is 1. The van der Waals surface area contributed by atoms with E-state index in [4.69, 9.17) is 11.6 Å². The Hall–Kier alpha value is -2.99. The van der Waals surface area contributed by atoms with Gasteiger partial charge in [0.05, 0.1) is 16.7 Å². The van der Waals surface area contributed by atoms with Crippen molar-refractivity contribution in [3.05, 3.63) is 63.9 Å². The SMILES string of the molecule is O=C(Nc1ccc2c(c1)nc(C(F)(F)F)n2CCN1CCCC1)c1sc(-c2ccc(Cl)cc2)nc1CCO. The fraction of sp³-hybridized carbons (Fsp3) is 0.346. The van der Waals surface area contributed by atoms with Gasteiger partial charge >= 0.3 is 6.18 Å². The molecule has 1 saturated heterocycles. The van der Waals surface area contributed by atoms with E-state index in [1.54, 1.807) is 36.4 Å². The zero-order valence-electron chi connectivity index (χ0n) is 20.3. The fourth-order valence-electron chi connectivity index (χ4n) is 4.61. The first-order valence-electron chi connectivity index (χ1n) is 12.2. The number of aliphatic hydroxyl groups is 1. The standard InChI is InChI=1S/C26H25ClF3N5O2S/c27-17-5-3-16(4-6-17)24-32-19(9-14-36)22(38-24)23(37)31-18-7-8-21-20(15-18)33-25(26(28,29)30)35(21)13-12-34-10-1-2-11-34/h3-8,15,36H,1-2,9-14H2,(H,31,37). The fourth-order valence-corrected chi connectivity index (χ4v) is 5.74. The Kier molecular flexibility index (Phi) is 7.71. The molecule has 0 saturated carbocycles. The summed E-state index contributed by atoms with van der Waals surface area (Å²) < 4.78 is 42.6. The molecule has 1 fully saturated rings. The Balaban J connectivity index is 1.41. The van der Waals surface area contributed by atoms with Crippen molar-refractivity contribution >= 4 is 45.6 Å². The lowest BCUT2D eigenvalue weighted by Crippen LogP contribution is -2.26. The van der Waals surface area contributed by atoms with Gasteiger partial charge in [0, 0.05) is 42.4 Å². The molecule has 1 amide bonds. The van der Waals surface area contributed by atoms with Gasteiger partial charge in [0.1, 0.15) is 9.88 Å². The van der Waals surface area contributed by atoms with Gasteiger partial charge in [0.15, 0.2) is 0 Å². The van der Waals surface area contributed by atoms with Crippen molar-refractivity contribution < 1.29 is 23.1 Å². The van der Waals surface area contributed by atoms with E-state index in [-0.39, 0.29) is 25.1 Å². The Morgan fingerprint density at radius 2 is 1.82 bits per heavy atom. The number of hydrogen-bond donors (Lipinski definition) is 2. The second kappa shape index (κ2) is 11.0. The Morgan fingerprint density at radius 1 is 1.08 bits per heavy atom. The van der Waals surface area contributed by atoms with Crippen LogP contribution >= 0.6 is 22.9 Å². The number of nitrogens with one attached hydrogen (secondary N) is 1. The number of likely N-dealkylation sites (tertiary alicyclic amines) is 1. The van der Waals surface area contributed by atoms with Crippen LogP contribution in [0.2, 0.25) is 5.02 Å². The Morgan fingerprint density at radius 3 is 2.50 bits per heavy atom. The molecule has 4 aromatic rings. The minimum Gasteiger partial charge on any atom is -0.396 e. The maximum Gasteiger partial charge on any atom is 0.449 e. The zero-order valence-corrected chi connectivity index (χ0v) is 21.8. The summed E-state index contributed by atoms with van der Waals surface area (Å²) in [6.07, 6.45) is -2.31. The van der Waals surface area contributed by atoms with Crippen LogP contribution in [0, 0.1) is 0 Å². The number of carbonyl (C=O) groups excluding carboxylic acids is 1. The van der Waals surface area contributed by atoms with Gasteiger partial charge in [-0.25, -0.2) is 9.97 Å². The molecule has 2 aromatic heterocycles. The van der Waals surface area contributed by atoms with Crippen LogP contribution < -0.4 is 5.32 Å². The average Bonchev–Trinajstić information content (AvgIpc) is 3.62. The number of rotatable bonds is 8. The van der Waals surface area contributed by atoms with Crippen molar-refractivity contribution in [2.45, 2.75) is 32.0 Å². The second-order valence-electron chi connectivity index (χ2n) is 9.07. The van der Waals surface area contributed by atoms with Crippen molar-refractivity contribution in [3.63, 3.8) is 0 Å². The summed E-state index contributed by atoms with van der Waals surface area (Å²) in [7, 11) is 0. The van der Waals surface area contributed by atoms with Crippen molar-refractivity contribution in [2.24, 2.45) is 0 Å². The molecule has 3 heterocycles. The normalized spacial score (nSPS) is 14.4. The summed E-state index contributed by atoms with van der Waals surface area (Å²) in [4.78, 5) is 24.0. The number of hydrogen-bond acceptors (Lipinski definition) is 6. The van der Waals surface area contributed by atoms with E-state index in [1.807, 2.05) is 0 Å². The Labute approximate surface area is 225 Å². The number of alkyl halides is 3. The van der Waals surface area contributed by atoms with Crippen LogP contribution in [0.5, 0.6) is 0 Å². The lowest BCUT2D eigenvalue weighted by molar-refractivity contribution is -0.147. The molecule has 1 aliphatic rings. The van der Waals surface area contributed by atoms with Gasteiger partial charge in [-0.15, -0.1) is 11.3 Å². The van der Waals surface area contributed by atoms with Gasteiger partial charge < -0.3 is 19.9 Å². The number of halogens is 4. The van der Waals surface area contributed by atoms with E-state index in [1.165, 1.54) is 22.0 Å². The third-order valence-electron chi connectivity index (χ3n) is 6.44. The van der Waals surface area contributed by atoms with Crippen LogP contribution in [0.25, 0.3) is 21.6 Å². The van der Waals surface area contributed by atoms with Crippen LogP contribution in [0.3, 0.4) is 0 Å². The minimum absolute atomic E-state index is 0.151. The molecule has 1 aliphatic heterocycles. The molecule has 0 aliphatic carbocycles. The highest BCUT2D eigenvalue weighted by molar-refractivity contribution is 7.17. The molecule has 2 aromatic carbocycles. The molecule has 7 nitrogen and oxygen atoms in total. The van der Waals surface area contributed by atoms with Crippen molar-refractivity contribution in [1.82, 2.24) is 19.4 Å². The maximum atomic E-state index is 13.8. The highest BCUT2D eigenvalue weighted by atomic mass is 35.5. The summed E-state index contributed by atoms with van der Waals surface area (Å²) in [6, 6.07) is 11.6. The van der Waals surface area contributed by atoms with Crippen molar-refractivity contribution in [1.29, 1.82) is 0 Å². The third-order valence-corrected chi connectivity index (χ3v) is 7.84. The molecule has 0 unspecified atom stereocenters. The topological polar surface area (TPSA) is 83.3 Å². The molecule has 5 rings (SSSR count). The summed E-state index contributed by atoms with van der Waals surface area (Å²) >= 11 is 7.13. The van der Waals surface area contributed by atoms with Crippen LogP contribution in [-0.2, 0) is 19.1 Å². The van der Waals surface area contributed by atoms with Crippen LogP contribution in [-0.4, -0.2) is 56.7 Å². The molecule has 0 radical (unpaired) electrons. The molecule has 12 heteroatoms. The summed E-state index contributed by atoms with van der Waals surface area (Å²) in [5.41, 5.74) is 2.04. The van der Waals surface area contributed by atoms with E-state index in [0.717, 1.165) is 31.5 Å². The molecule has 0 spiro atoms. The van der Waals surface area contributed by atoms with Crippen molar-refractivity contribution in [3.8, 4) is 10.6 Å². The number of anilines is 1. The van der Waals surface area contributed by atoms with E-state index in [9.17, 15) is 23.1 Å².